The molecule has 0 heterocycles. The molecule has 26 heavy (non-hydrogen) atoms. The van der Waals surface area contributed by atoms with Gasteiger partial charge in [0.05, 0.1) is 6.04 Å². The molecule has 0 aliphatic heterocycles. The van der Waals surface area contributed by atoms with Crippen molar-refractivity contribution in [3.05, 3.63) is 23.8 Å². The number of alkyl halides is 2. The number of nitrogens with two attached hydrogens (primary N) is 1. The first-order chi connectivity index (χ1) is 12.1. The summed E-state index contributed by atoms with van der Waals surface area (Å²) in [5, 5.41) is 2.84. The smallest absolute Gasteiger partial charge is 0.241 e. The van der Waals surface area contributed by atoms with Gasteiger partial charge in [-0.05, 0) is 24.6 Å². The second kappa shape index (κ2) is 10.1. The van der Waals surface area contributed by atoms with Crippen LogP contribution >= 0.6 is 23.2 Å². The minimum atomic E-state index is -0.883. The molecule has 0 aromatic heterocycles. The zero-order chi connectivity index (χ0) is 19.9. The van der Waals surface area contributed by atoms with Gasteiger partial charge in [-0.25, -0.2) is 0 Å². The van der Waals surface area contributed by atoms with Crippen molar-refractivity contribution in [2.24, 2.45) is 11.1 Å². The largest absolute Gasteiger partial charge is 0.369 e. The maximum atomic E-state index is 12.4. The lowest BCUT2D eigenvalue weighted by atomic mass is 9.87. The summed E-state index contributed by atoms with van der Waals surface area (Å²) in [6.07, 6.45) is 0.0126. The Morgan fingerprint density at radius 2 is 1.77 bits per heavy atom. The molecule has 146 valence electrons. The van der Waals surface area contributed by atoms with Crippen LogP contribution in [0.15, 0.2) is 18.2 Å². The summed E-state index contributed by atoms with van der Waals surface area (Å²) in [5.41, 5.74) is 7.91. The van der Waals surface area contributed by atoms with E-state index < -0.39 is 11.5 Å². The molecule has 0 radical (unpaired) electrons. The number of amides is 1. The van der Waals surface area contributed by atoms with Gasteiger partial charge in [0.2, 0.25) is 5.91 Å². The molecule has 1 rings (SSSR count). The quantitative estimate of drug-likeness (QED) is 0.620. The van der Waals surface area contributed by atoms with Crippen LogP contribution in [0.1, 0.15) is 32.8 Å². The SMILES string of the molecule is Cc1ccc(N(CCCl)CCCl)cc1NC(=O)[C@@H](N)CC(=O)C(C)(C)C. The van der Waals surface area contributed by atoms with E-state index in [1.165, 1.54) is 0 Å². The lowest BCUT2D eigenvalue weighted by Gasteiger charge is -2.24. The Bertz CT molecular complexity index is 624. The number of carbonyl (C=O) groups is 2. The molecule has 1 aromatic carbocycles. The molecule has 0 aliphatic rings. The number of nitrogens with one attached hydrogen (secondary N) is 1. The first-order valence-electron chi connectivity index (χ1n) is 8.67. The van der Waals surface area contributed by atoms with E-state index in [1.54, 1.807) is 0 Å². The maximum absolute atomic E-state index is 12.4. The van der Waals surface area contributed by atoms with Crippen LogP contribution in [-0.4, -0.2) is 42.6 Å². The van der Waals surface area contributed by atoms with Crippen molar-refractivity contribution in [1.29, 1.82) is 0 Å². The highest BCUT2D eigenvalue weighted by Crippen LogP contribution is 2.24. The number of halogens is 2. The van der Waals surface area contributed by atoms with Gasteiger partial charge < -0.3 is 16.0 Å². The van der Waals surface area contributed by atoms with Crippen molar-refractivity contribution in [2.45, 2.75) is 40.2 Å². The normalized spacial score (nSPS) is 12.6. The standard InChI is InChI=1S/C19H29Cl2N3O2/c1-13-5-6-14(24(9-7-20)10-8-21)11-16(13)23-18(26)15(22)12-17(25)19(2,3)4/h5-6,11,15H,7-10,12,22H2,1-4H3,(H,23,26)/t15-/m0/s1. The third-order valence-corrected chi connectivity index (χ3v) is 4.47. The second-order valence-electron chi connectivity index (χ2n) is 7.34. The van der Waals surface area contributed by atoms with E-state index in [0.29, 0.717) is 30.5 Å². The second-order valence-corrected chi connectivity index (χ2v) is 8.09. The Balaban J connectivity index is 2.89. The third-order valence-electron chi connectivity index (χ3n) is 4.13. The van der Waals surface area contributed by atoms with Crippen molar-refractivity contribution in [3.63, 3.8) is 0 Å². The van der Waals surface area contributed by atoms with Gasteiger partial charge in [0.1, 0.15) is 5.78 Å². The maximum Gasteiger partial charge on any atom is 0.241 e. The van der Waals surface area contributed by atoms with Gasteiger partial charge in [0, 0.05) is 48.1 Å². The number of rotatable bonds is 9. The number of nitrogens with zero attached hydrogens (tertiary/aromatic N) is 1. The highest BCUT2D eigenvalue weighted by molar-refractivity contribution is 6.18. The lowest BCUT2D eigenvalue weighted by molar-refractivity contribution is -0.129. The number of anilines is 2. The molecule has 5 nitrogen and oxygen atoms in total. The van der Waals surface area contributed by atoms with Crippen LogP contribution in [-0.2, 0) is 9.59 Å². The predicted molar refractivity (Wildman–Crippen MR) is 111 cm³/mol. The summed E-state index contributed by atoms with van der Waals surface area (Å²) in [5.74, 6) is 0.545. The highest BCUT2D eigenvalue weighted by Gasteiger charge is 2.26. The molecule has 0 saturated heterocycles. The summed E-state index contributed by atoms with van der Waals surface area (Å²) in [4.78, 5) is 26.6. The molecule has 0 unspecified atom stereocenters. The van der Waals surface area contributed by atoms with Crippen LogP contribution in [0.3, 0.4) is 0 Å². The Morgan fingerprint density at radius 3 is 2.27 bits per heavy atom. The van der Waals surface area contributed by atoms with Crippen LogP contribution in [0, 0.1) is 12.3 Å². The van der Waals surface area contributed by atoms with Gasteiger partial charge >= 0.3 is 0 Å². The van der Waals surface area contributed by atoms with Gasteiger partial charge in [-0.15, -0.1) is 23.2 Å². The topological polar surface area (TPSA) is 75.4 Å². The van der Waals surface area contributed by atoms with Gasteiger partial charge in [-0.3, -0.25) is 9.59 Å². The molecule has 0 spiro atoms. The van der Waals surface area contributed by atoms with Crippen molar-refractivity contribution in [2.75, 3.05) is 35.1 Å². The van der Waals surface area contributed by atoms with Crippen molar-refractivity contribution in [3.8, 4) is 0 Å². The summed E-state index contributed by atoms with van der Waals surface area (Å²) in [6.45, 7) is 8.66. The molecule has 3 N–H and O–H groups in total. The molecular formula is C19H29Cl2N3O2. The predicted octanol–water partition coefficient (Wildman–Crippen LogP) is 3.55. The van der Waals surface area contributed by atoms with Crippen LogP contribution in [0.4, 0.5) is 11.4 Å². The number of aryl methyl sites for hydroxylation is 1. The minimum Gasteiger partial charge on any atom is -0.369 e. The number of carbonyl (C=O) groups excluding carboxylic acids is 2. The molecule has 1 aromatic rings. The van der Waals surface area contributed by atoms with E-state index in [1.807, 2.05) is 45.9 Å². The Hall–Kier alpha value is -1.30. The fraction of sp³-hybridized carbons (Fsp3) is 0.579. The number of Topliss-reactive ketones (excluding diaryl/α,β-unsaturated/α-hetero) is 1. The Morgan fingerprint density at radius 1 is 1.19 bits per heavy atom. The first kappa shape index (κ1) is 22.7. The highest BCUT2D eigenvalue weighted by atomic mass is 35.5. The molecule has 1 atom stereocenters. The van der Waals surface area contributed by atoms with Crippen molar-refractivity contribution >= 4 is 46.3 Å². The summed E-state index contributed by atoms with van der Waals surface area (Å²) in [7, 11) is 0. The minimum absolute atomic E-state index is 0.0126. The summed E-state index contributed by atoms with van der Waals surface area (Å²) < 4.78 is 0. The van der Waals surface area contributed by atoms with Gasteiger partial charge in [-0.2, -0.15) is 0 Å². The number of benzene rings is 1. The molecular weight excluding hydrogens is 373 g/mol. The van der Waals surface area contributed by atoms with Crippen molar-refractivity contribution < 1.29 is 9.59 Å². The van der Waals surface area contributed by atoms with Gasteiger partial charge in [0.15, 0.2) is 0 Å². The third kappa shape index (κ3) is 6.78. The molecule has 0 saturated carbocycles. The zero-order valence-electron chi connectivity index (χ0n) is 15.9. The fourth-order valence-electron chi connectivity index (χ4n) is 2.34. The number of hydrogen-bond donors (Lipinski definition) is 2. The average Bonchev–Trinajstić information content (AvgIpc) is 2.55. The van der Waals surface area contributed by atoms with Crippen LogP contribution in [0.2, 0.25) is 0 Å². The first-order valence-corrected chi connectivity index (χ1v) is 9.74. The lowest BCUT2D eigenvalue weighted by Crippen LogP contribution is -2.40. The molecule has 7 heteroatoms. The van der Waals surface area contributed by atoms with E-state index in [2.05, 4.69) is 10.2 Å². The van der Waals surface area contributed by atoms with E-state index in [-0.39, 0.29) is 18.1 Å². The summed E-state index contributed by atoms with van der Waals surface area (Å²) >= 11 is 11.7. The monoisotopic (exact) mass is 401 g/mol. The average molecular weight is 402 g/mol. The van der Waals surface area contributed by atoms with E-state index in [0.717, 1.165) is 11.3 Å². The fourth-order valence-corrected chi connectivity index (χ4v) is 2.75. The molecule has 0 fully saturated rings. The van der Waals surface area contributed by atoms with Crippen LogP contribution in [0.5, 0.6) is 0 Å². The Labute approximate surface area is 166 Å². The Kier molecular flexibility index (Phi) is 8.87. The van der Waals surface area contributed by atoms with Gasteiger partial charge in [0.25, 0.3) is 0 Å². The molecule has 1 amide bonds. The zero-order valence-corrected chi connectivity index (χ0v) is 17.5. The van der Waals surface area contributed by atoms with Crippen LogP contribution < -0.4 is 16.0 Å². The van der Waals surface area contributed by atoms with Crippen molar-refractivity contribution in [1.82, 2.24) is 0 Å². The molecule has 0 bridgehead atoms. The van der Waals surface area contributed by atoms with Crippen LogP contribution in [0.25, 0.3) is 0 Å². The number of hydrogen-bond acceptors (Lipinski definition) is 4. The summed E-state index contributed by atoms with van der Waals surface area (Å²) in [6, 6.07) is 4.89. The van der Waals surface area contributed by atoms with E-state index in [9.17, 15) is 9.59 Å². The van der Waals surface area contributed by atoms with E-state index in [4.69, 9.17) is 28.9 Å². The van der Waals surface area contributed by atoms with E-state index >= 15 is 0 Å². The molecule has 0 aliphatic carbocycles. The number of ketones is 1. The van der Waals surface area contributed by atoms with Gasteiger partial charge in [-0.1, -0.05) is 26.8 Å².